The summed E-state index contributed by atoms with van der Waals surface area (Å²) in [5, 5.41) is 5.32. The zero-order chi connectivity index (χ0) is 16.1. The molecule has 3 aromatic rings. The molecule has 0 radical (unpaired) electrons. The number of fused-ring (bicyclic) bond motifs is 1. The van der Waals surface area contributed by atoms with Crippen LogP contribution in [0.15, 0.2) is 47.4 Å². The van der Waals surface area contributed by atoms with E-state index in [-0.39, 0.29) is 5.56 Å². The highest BCUT2D eigenvalue weighted by molar-refractivity contribution is 7.20. The maximum Gasteiger partial charge on any atom is 0.275 e. The lowest BCUT2D eigenvalue weighted by Gasteiger charge is -2.60. The molecule has 5 rings (SSSR count). The van der Waals surface area contributed by atoms with Crippen molar-refractivity contribution in [1.29, 1.82) is 0 Å². The molecule has 24 heavy (non-hydrogen) atoms. The van der Waals surface area contributed by atoms with Crippen molar-refractivity contribution < 1.29 is 0 Å². The number of hydrogen-bond donors (Lipinski definition) is 0. The van der Waals surface area contributed by atoms with Gasteiger partial charge in [0.25, 0.3) is 5.56 Å². The van der Waals surface area contributed by atoms with Crippen LogP contribution in [0.25, 0.3) is 4.96 Å². The van der Waals surface area contributed by atoms with Crippen LogP contribution < -0.4 is 10.5 Å². The zero-order valence-electron chi connectivity index (χ0n) is 13.1. The molecule has 6 nitrogen and oxygen atoms in total. The summed E-state index contributed by atoms with van der Waals surface area (Å²) >= 11 is 1.49. The number of hydrogen-bond acceptors (Lipinski definition) is 6. The van der Waals surface area contributed by atoms with Gasteiger partial charge in [0.1, 0.15) is 0 Å². The van der Waals surface area contributed by atoms with Crippen molar-refractivity contribution in [3.05, 3.63) is 58.5 Å². The van der Waals surface area contributed by atoms with Gasteiger partial charge in [-0.1, -0.05) is 41.7 Å². The van der Waals surface area contributed by atoms with Gasteiger partial charge in [-0.25, -0.2) is 4.98 Å². The highest BCUT2D eigenvalue weighted by Gasteiger charge is 2.52. The minimum atomic E-state index is -0.115. The van der Waals surface area contributed by atoms with E-state index >= 15 is 0 Å². The maximum absolute atomic E-state index is 11.8. The highest BCUT2D eigenvalue weighted by atomic mass is 32.1. The van der Waals surface area contributed by atoms with Gasteiger partial charge in [-0.15, -0.1) is 5.10 Å². The predicted molar refractivity (Wildman–Crippen MR) is 93.5 cm³/mol. The summed E-state index contributed by atoms with van der Waals surface area (Å²) in [7, 11) is 0. The zero-order valence-corrected chi connectivity index (χ0v) is 13.9. The smallest absolute Gasteiger partial charge is 0.275 e. The average molecular weight is 339 g/mol. The minimum Gasteiger partial charge on any atom is -0.345 e. The average Bonchev–Trinajstić information content (AvgIpc) is 2.94. The van der Waals surface area contributed by atoms with Crippen molar-refractivity contribution >= 4 is 21.4 Å². The molecule has 4 heterocycles. The molecule has 2 aromatic heterocycles. The number of aromatic nitrogens is 3. The molecule has 7 heteroatoms. The van der Waals surface area contributed by atoms with Crippen molar-refractivity contribution in [3.8, 4) is 0 Å². The molecule has 0 atom stereocenters. The van der Waals surface area contributed by atoms with Gasteiger partial charge in [0.2, 0.25) is 10.1 Å². The second kappa shape index (κ2) is 5.12. The molecular weight excluding hydrogens is 322 g/mol. The van der Waals surface area contributed by atoms with E-state index in [2.05, 4.69) is 50.2 Å². The van der Waals surface area contributed by atoms with Crippen LogP contribution in [0.3, 0.4) is 0 Å². The first kappa shape index (κ1) is 14.1. The van der Waals surface area contributed by atoms with Crippen LogP contribution in [0.2, 0.25) is 0 Å². The summed E-state index contributed by atoms with van der Waals surface area (Å²) in [6.45, 7) is 5.35. The van der Waals surface area contributed by atoms with E-state index in [9.17, 15) is 4.79 Å². The summed E-state index contributed by atoms with van der Waals surface area (Å²) < 4.78 is 1.40. The molecule has 1 aromatic carbocycles. The minimum absolute atomic E-state index is 0.115. The van der Waals surface area contributed by atoms with Crippen LogP contribution >= 0.6 is 11.3 Å². The van der Waals surface area contributed by atoms with Gasteiger partial charge in [-0.2, -0.15) is 4.52 Å². The van der Waals surface area contributed by atoms with E-state index < -0.39 is 0 Å². The van der Waals surface area contributed by atoms with Gasteiger partial charge in [0.15, 0.2) is 0 Å². The second-order valence-electron chi connectivity index (χ2n) is 6.85. The Balaban J connectivity index is 1.23. The number of anilines is 1. The molecular formula is C17H17N5OS. The fourth-order valence-corrected chi connectivity index (χ4v) is 4.69. The lowest BCUT2D eigenvalue weighted by Crippen LogP contribution is -2.72. The Labute approximate surface area is 143 Å². The molecule has 0 bridgehead atoms. The van der Waals surface area contributed by atoms with Crippen LogP contribution in [0, 0.1) is 5.41 Å². The number of benzene rings is 1. The van der Waals surface area contributed by atoms with Gasteiger partial charge >= 0.3 is 0 Å². The molecule has 2 fully saturated rings. The lowest BCUT2D eigenvalue weighted by atomic mass is 9.73. The van der Waals surface area contributed by atoms with Crippen LogP contribution in [-0.4, -0.2) is 45.7 Å². The SMILES string of the molecule is O=c1ccnc2sc(N3CC4(CN(Cc5ccccc5)C4)C3)nn12. The second-order valence-corrected chi connectivity index (χ2v) is 7.78. The summed E-state index contributed by atoms with van der Waals surface area (Å²) in [5.41, 5.74) is 1.67. The molecule has 2 aliphatic rings. The van der Waals surface area contributed by atoms with Crippen molar-refractivity contribution in [2.24, 2.45) is 5.41 Å². The van der Waals surface area contributed by atoms with E-state index in [4.69, 9.17) is 0 Å². The number of likely N-dealkylation sites (tertiary alicyclic amines) is 1. The fourth-order valence-electron chi connectivity index (χ4n) is 3.82. The van der Waals surface area contributed by atoms with Gasteiger partial charge in [0.05, 0.1) is 0 Å². The molecule has 122 valence electrons. The first-order valence-electron chi connectivity index (χ1n) is 8.07. The van der Waals surface area contributed by atoms with Crippen LogP contribution in [0.1, 0.15) is 5.56 Å². The van der Waals surface area contributed by atoms with Crippen molar-refractivity contribution in [1.82, 2.24) is 19.5 Å². The summed E-state index contributed by atoms with van der Waals surface area (Å²) in [6.07, 6.45) is 1.55. The Morgan fingerprint density at radius 3 is 2.62 bits per heavy atom. The topological polar surface area (TPSA) is 53.7 Å². The number of nitrogens with zero attached hydrogens (tertiary/aromatic N) is 5. The van der Waals surface area contributed by atoms with Gasteiger partial charge in [0, 0.05) is 50.4 Å². The Bertz CT molecular complexity index is 936. The summed E-state index contributed by atoms with van der Waals surface area (Å²) in [5.74, 6) is 0. The third kappa shape index (κ3) is 2.23. The molecule has 0 N–H and O–H groups in total. The van der Waals surface area contributed by atoms with E-state index in [1.54, 1.807) is 6.20 Å². The van der Waals surface area contributed by atoms with Crippen LogP contribution in [-0.2, 0) is 6.54 Å². The fraction of sp³-hybridized carbons (Fsp3) is 0.353. The normalized spacial score (nSPS) is 19.4. The van der Waals surface area contributed by atoms with E-state index in [1.807, 2.05) is 0 Å². The Kier molecular flexibility index (Phi) is 3.01. The molecule has 2 saturated heterocycles. The van der Waals surface area contributed by atoms with Gasteiger partial charge < -0.3 is 4.90 Å². The van der Waals surface area contributed by atoms with Crippen molar-refractivity contribution in [2.45, 2.75) is 6.54 Å². The van der Waals surface area contributed by atoms with E-state index in [0.29, 0.717) is 10.4 Å². The van der Waals surface area contributed by atoms with Crippen molar-refractivity contribution in [3.63, 3.8) is 0 Å². The quantitative estimate of drug-likeness (QED) is 0.723. The van der Waals surface area contributed by atoms with E-state index in [1.165, 1.54) is 27.5 Å². The Morgan fingerprint density at radius 1 is 1.08 bits per heavy atom. The number of rotatable bonds is 3. The van der Waals surface area contributed by atoms with Gasteiger partial charge in [-0.3, -0.25) is 9.69 Å². The molecule has 1 spiro atoms. The molecule has 0 unspecified atom stereocenters. The third-order valence-electron chi connectivity index (χ3n) is 4.85. The lowest BCUT2D eigenvalue weighted by molar-refractivity contribution is -0.0274. The Hall–Kier alpha value is -2.25. The first-order valence-corrected chi connectivity index (χ1v) is 8.89. The third-order valence-corrected chi connectivity index (χ3v) is 5.83. The van der Waals surface area contributed by atoms with Crippen molar-refractivity contribution in [2.75, 3.05) is 31.1 Å². The first-order chi connectivity index (χ1) is 11.7. The standard InChI is InChI=1S/C17H17N5OS/c23-14-6-7-18-15-22(14)19-16(24-15)21-11-17(12-21)9-20(10-17)8-13-4-2-1-3-5-13/h1-7H,8-12H2. The largest absolute Gasteiger partial charge is 0.345 e. The molecule has 0 amide bonds. The summed E-state index contributed by atoms with van der Waals surface area (Å²) in [6, 6.07) is 12.1. The molecule has 2 aliphatic heterocycles. The van der Waals surface area contributed by atoms with Crippen LogP contribution in [0.5, 0.6) is 0 Å². The van der Waals surface area contributed by atoms with Gasteiger partial charge in [-0.05, 0) is 5.56 Å². The van der Waals surface area contributed by atoms with E-state index in [0.717, 1.165) is 37.9 Å². The van der Waals surface area contributed by atoms with Crippen LogP contribution in [0.4, 0.5) is 5.13 Å². The monoisotopic (exact) mass is 339 g/mol. The predicted octanol–water partition coefficient (Wildman–Crippen LogP) is 1.47. The molecule has 0 aliphatic carbocycles. The Morgan fingerprint density at radius 2 is 1.88 bits per heavy atom. The molecule has 0 saturated carbocycles. The maximum atomic E-state index is 11.8. The summed E-state index contributed by atoms with van der Waals surface area (Å²) in [4.78, 5) is 21.4. The highest BCUT2D eigenvalue weighted by Crippen LogP contribution is 2.43.